The zero-order valence-electron chi connectivity index (χ0n) is 78.8. The van der Waals surface area contributed by atoms with E-state index in [0.29, 0.717) is 52.8 Å². The van der Waals surface area contributed by atoms with Crippen LogP contribution in [-0.2, 0) is 31.3 Å². The molecule has 0 heterocycles. The topological polar surface area (TPSA) is 125 Å². The van der Waals surface area contributed by atoms with Gasteiger partial charge < -0.3 is 46.6 Å². The minimum absolute atomic E-state index is 0.0517. The third-order valence-corrected chi connectivity index (χ3v) is 58.2. The molecule has 109 heavy (non-hydrogen) atoms. The van der Waals surface area contributed by atoms with Crippen molar-refractivity contribution in [3.05, 3.63) is 46.6 Å². The molecule has 6 aliphatic carbocycles. The second kappa shape index (κ2) is 38.8. The third kappa shape index (κ3) is 28.5. The Balaban J connectivity index is 0.000000409. The summed E-state index contributed by atoms with van der Waals surface area (Å²) in [6.45, 7) is 89.4. The number of halogens is 1. The van der Waals surface area contributed by atoms with Crippen LogP contribution in [0.15, 0.2) is 46.6 Å². The van der Waals surface area contributed by atoms with Gasteiger partial charge >= 0.3 is 0 Å². The monoisotopic (exact) mass is 1690 g/mol. The molecule has 0 radical (unpaired) electrons. The van der Waals surface area contributed by atoms with Gasteiger partial charge in [0.25, 0.3) is 0 Å². The number of hydrogen-bond acceptors (Lipinski definition) is 10. The summed E-state index contributed by atoms with van der Waals surface area (Å²) >= 11 is 3.37. The largest absolute Gasteiger partial charge is 0.416 e. The summed E-state index contributed by atoms with van der Waals surface area (Å²) in [5.41, 5.74) is 5.77. The van der Waals surface area contributed by atoms with Crippen molar-refractivity contribution >= 4 is 65.8 Å². The Morgan fingerprint density at radius 1 is 0.422 bits per heavy atom. The maximum atomic E-state index is 11.7. The number of fused-ring (bicyclic) bond motifs is 2. The molecular formula is C92H181BrO10Si6. The summed E-state index contributed by atoms with van der Waals surface area (Å²) < 4.78 is 48.0. The highest BCUT2D eigenvalue weighted by Gasteiger charge is 2.55. The van der Waals surface area contributed by atoms with Crippen molar-refractivity contribution in [1.82, 2.24) is 0 Å². The van der Waals surface area contributed by atoms with Crippen molar-refractivity contribution in [1.29, 1.82) is 0 Å². The third-order valence-electron chi connectivity index (χ3n) is 30.8. The van der Waals surface area contributed by atoms with E-state index >= 15 is 0 Å². The lowest BCUT2D eigenvalue weighted by Crippen LogP contribution is -2.56. The molecule has 6 unspecified atom stereocenters. The molecule has 6 saturated carbocycles. The lowest BCUT2D eigenvalue weighted by atomic mass is 9.60. The van der Waals surface area contributed by atoms with Crippen molar-refractivity contribution < 1.29 is 46.6 Å². The molecule has 0 bridgehead atoms. The van der Waals surface area contributed by atoms with Crippen LogP contribution in [0.3, 0.4) is 0 Å². The Morgan fingerprint density at radius 3 is 1.01 bits per heavy atom. The quantitative estimate of drug-likeness (QED) is 0.0396. The van der Waals surface area contributed by atoms with Crippen molar-refractivity contribution in [3.63, 3.8) is 0 Å². The normalized spacial score (nSPS) is 29.1. The summed E-state index contributed by atoms with van der Waals surface area (Å²) in [6.07, 6.45) is 31.4. The minimum atomic E-state index is -2.12. The SMILES string of the molecule is CC(C)(C)[Si](C)(C)OCCBr.C[C@@H](CCCC(C)(C)O)C1CCC2/C(=C/C=C3C[C@@H](O[Si](C)(C)C(C)(C)C)C(O)[C@H](O[Si](C)(C)C(C)(C)C)C3)CCCC21C.C[C@@H](CCCC(C)(C)O)C1CCC2/C(=C/C=C3C[C@@H](O[Si](C)(C)C(C)(C)C)C(OCCO[Si](C)(C)C(C)(C)C)[C@H](O[Si](C)(C)C(C)(C)C)C3)CCCC21C. The molecule has 640 valence electrons. The maximum absolute atomic E-state index is 11.7. The van der Waals surface area contributed by atoms with Crippen LogP contribution in [0.1, 0.15) is 308 Å². The van der Waals surface area contributed by atoms with E-state index in [1.54, 1.807) is 11.1 Å². The molecular weight excluding hydrogens is 1510 g/mol. The van der Waals surface area contributed by atoms with Gasteiger partial charge in [-0.25, -0.2) is 0 Å². The fraction of sp³-hybridized carbons (Fsp3) is 0.913. The van der Waals surface area contributed by atoms with E-state index in [0.717, 1.165) is 75.1 Å². The predicted molar refractivity (Wildman–Crippen MR) is 490 cm³/mol. The van der Waals surface area contributed by atoms with Crippen molar-refractivity contribution in [2.45, 2.75) is 465 Å². The number of aliphatic hydroxyl groups excluding tert-OH is 1. The average molecular weight is 1700 g/mol. The molecule has 0 aromatic heterocycles. The number of aliphatic hydroxyl groups is 3. The number of alkyl halides is 1. The Bertz CT molecular complexity index is 2850. The van der Waals surface area contributed by atoms with Gasteiger partial charge in [0, 0.05) is 11.9 Å². The first-order valence-corrected chi connectivity index (χ1v) is 62.6. The molecule has 10 nitrogen and oxygen atoms in total. The first-order valence-electron chi connectivity index (χ1n) is 44.1. The van der Waals surface area contributed by atoms with Crippen LogP contribution in [0, 0.1) is 46.3 Å². The lowest BCUT2D eigenvalue weighted by molar-refractivity contribution is -0.105. The lowest BCUT2D eigenvalue weighted by Gasteiger charge is -2.48. The zero-order valence-corrected chi connectivity index (χ0v) is 86.4. The van der Waals surface area contributed by atoms with E-state index < -0.39 is 67.2 Å². The Morgan fingerprint density at radius 2 is 0.716 bits per heavy atom. The van der Waals surface area contributed by atoms with Gasteiger partial charge in [0.05, 0.1) is 48.8 Å². The van der Waals surface area contributed by atoms with Gasteiger partial charge in [-0.1, -0.05) is 241 Å². The summed E-state index contributed by atoms with van der Waals surface area (Å²) in [7, 11) is -11.7. The summed E-state index contributed by atoms with van der Waals surface area (Å²) in [5.74, 6) is 4.26. The van der Waals surface area contributed by atoms with Gasteiger partial charge in [0.2, 0.25) is 0 Å². The smallest absolute Gasteiger partial charge is 0.192 e. The maximum Gasteiger partial charge on any atom is 0.192 e. The number of hydrogen-bond donors (Lipinski definition) is 3. The first-order chi connectivity index (χ1) is 49.0. The highest BCUT2D eigenvalue weighted by atomic mass is 79.9. The number of ether oxygens (including phenoxy) is 1. The summed E-state index contributed by atoms with van der Waals surface area (Å²) in [5, 5.41) is 34.1. The second-order valence-corrected chi connectivity index (χ2v) is 76.3. The molecule has 6 fully saturated rings. The van der Waals surface area contributed by atoms with Crippen molar-refractivity contribution in [3.8, 4) is 0 Å². The van der Waals surface area contributed by atoms with Crippen LogP contribution in [-0.4, -0.2) is 138 Å². The molecule has 0 amide bonds. The van der Waals surface area contributed by atoms with Gasteiger partial charge in [0.1, 0.15) is 12.2 Å². The van der Waals surface area contributed by atoms with E-state index in [2.05, 4.69) is 271 Å². The van der Waals surface area contributed by atoms with Crippen molar-refractivity contribution in [2.75, 3.05) is 25.2 Å². The molecule has 12 atom stereocenters. The molecule has 17 heteroatoms. The van der Waals surface area contributed by atoms with Gasteiger partial charge in [-0.05, 0) is 286 Å². The highest BCUT2D eigenvalue weighted by Crippen LogP contribution is 2.62. The van der Waals surface area contributed by atoms with Gasteiger partial charge in [0.15, 0.2) is 49.9 Å². The fourth-order valence-corrected chi connectivity index (χ4v) is 25.4. The van der Waals surface area contributed by atoms with Crippen molar-refractivity contribution in [2.24, 2.45) is 46.3 Å². The second-order valence-electron chi connectivity index (χ2n) is 46.9. The van der Waals surface area contributed by atoms with E-state index in [1.807, 2.05) is 27.7 Å². The van der Waals surface area contributed by atoms with Crippen LogP contribution in [0.5, 0.6) is 0 Å². The molecule has 6 aliphatic rings. The van der Waals surface area contributed by atoms with E-state index in [1.165, 1.54) is 88.2 Å². The van der Waals surface area contributed by atoms with Crippen LogP contribution >= 0.6 is 15.9 Å². The minimum Gasteiger partial charge on any atom is -0.416 e. The van der Waals surface area contributed by atoms with E-state index in [4.69, 9.17) is 31.3 Å². The standard InChI is InChI=1S/C46H90O5Si3.C38H72O4Si2.C8H19BrOSi/c1-34(22-20-28-45(11,12)47)37-26-27-38-36(23-21-29-46(37,38)13)25-24-35-32-39(50-53(16,17)43(5,6)7)41(40(33-35)51-54(18,19)44(8,9)10)48-30-31-49-52(14,15)42(2,3)4;1-27(17-15-23-37(8,9)40)30-21-22-31-29(18-16-24-38(30,31)10)20-19-28-25-32(41-43(11,12)35(2,3)4)34(39)33(26-28)42-44(13,14)36(5,6)7;1-8(2,3)11(4,5)10-7-6-9/h24-25,34,37-41,47H,20-23,26-33H2,1-19H3;19-20,27,30-34,39-40H,15-18,21-26H2,1-14H3;6-7H2,1-5H3/b35-24?,36-25+;28-19?,29-20+;/t34-,37?,38?,39+,40+,41?,46?;27-,30?,31?,32+,33+,34?,38?;/m00./s1. The van der Waals surface area contributed by atoms with Crippen LogP contribution in [0.4, 0.5) is 0 Å². The highest BCUT2D eigenvalue weighted by molar-refractivity contribution is 9.09. The van der Waals surface area contributed by atoms with Gasteiger partial charge in [-0.2, -0.15) is 0 Å². The van der Waals surface area contributed by atoms with Crippen LogP contribution in [0.25, 0.3) is 0 Å². The molecule has 0 spiro atoms. The Labute approximate surface area is 690 Å². The summed E-state index contributed by atoms with van der Waals surface area (Å²) in [4.78, 5) is 0. The molecule has 0 aromatic rings. The predicted octanol–water partition coefficient (Wildman–Crippen LogP) is 27.6. The molecule has 3 N–H and O–H groups in total. The molecule has 0 aliphatic heterocycles. The average Bonchev–Trinajstić information content (AvgIpc) is 1.55. The Hall–Kier alpha value is 0.341. The van der Waals surface area contributed by atoms with Crippen LogP contribution < -0.4 is 0 Å². The van der Waals surface area contributed by atoms with Gasteiger partial charge in [-0.3, -0.25) is 0 Å². The van der Waals surface area contributed by atoms with E-state index in [9.17, 15) is 15.3 Å². The Kier molecular flexibility index (Phi) is 36.2. The van der Waals surface area contributed by atoms with Crippen LogP contribution in [0.2, 0.25) is 109 Å². The first kappa shape index (κ1) is 102. The summed E-state index contributed by atoms with van der Waals surface area (Å²) in [6, 6.07) is 0. The van der Waals surface area contributed by atoms with E-state index in [-0.39, 0.29) is 55.7 Å². The zero-order chi connectivity index (χ0) is 84.0. The molecule has 0 aromatic carbocycles. The molecule has 6 rings (SSSR count). The number of allylic oxidation sites excluding steroid dienone is 6. The number of rotatable bonds is 28. The van der Waals surface area contributed by atoms with Gasteiger partial charge in [-0.15, -0.1) is 0 Å². The molecule has 0 saturated heterocycles. The fourth-order valence-electron chi connectivity index (χ4n) is 17.5.